The number of carbonyl (C=O) groups excluding carboxylic acids is 1. The van der Waals surface area contributed by atoms with Gasteiger partial charge in [0.2, 0.25) is 5.91 Å². The van der Waals surface area contributed by atoms with Crippen molar-refractivity contribution in [1.82, 2.24) is 5.32 Å². The van der Waals surface area contributed by atoms with Gasteiger partial charge in [0.25, 0.3) is 0 Å². The van der Waals surface area contributed by atoms with Gasteiger partial charge in [-0.25, -0.2) is 0 Å². The van der Waals surface area contributed by atoms with Crippen molar-refractivity contribution < 1.29 is 4.79 Å². The van der Waals surface area contributed by atoms with Crippen molar-refractivity contribution in [1.29, 1.82) is 0 Å². The van der Waals surface area contributed by atoms with Crippen LogP contribution in [0.5, 0.6) is 0 Å². The molecular weight excluding hydrogens is 212 g/mol. The molecule has 3 nitrogen and oxygen atoms in total. The summed E-state index contributed by atoms with van der Waals surface area (Å²) in [6.45, 7) is 2.64. The molecule has 0 heterocycles. The Morgan fingerprint density at radius 2 is 1.88 bits per heavy atom. The zero-order chi connectivity index (χ0) is 12.3. The van der Waals surface area contributed by atoms with Gasteiger partial charge in [0.1, 0.15) is 0 Å². The number of nitrogens with two attached hydrogens (primary N) is 1. The molecule has 0 aliphatic carbocycles. The highest BCUT2D eigenvalue weighted by molar-refractivity contribution is 5.84. The summed E-state index contributed by atoms with van der Waals surface area (Å²) in [7, 11) is 0. The van der Waals surface area contributed by atoms with Crippen LogP contribution in [0.2, 0.25) is 0 Å². The van der Waals surface area contributed by atoms with Crippen LogP contribution in [0.1, 0.15) is 11.1 Å². The fourth-order valence-electron chi connectivity index (χ4n) is 1.80. The lowest BCUT2D eigenvalue weighted by Gasteiger charge is -2.06. The van der Waals surface area contributed by atoms with Crippen LogP contribution in [0.25, 0.3) is 10.8 Å². The second-order valence-electron chi connectivity index (χ2n) is 4.17. The summed E-state index contributed by atoms with van der Waals surface area (Å²) in [5.41, 5.74) is 7.57. The topological polar surface area (TPSA) is 55.1 Å². The SMILES string of the molecule is Cc1ccc2cc(CNC(=O)CN)ccc2c1. The summed E-state index contributed by atoms with van der Waals surface area (Å²) in [5, 5.41) is 5.17. The minimum atomic E-state index is -0.131. The highest BCUT2D eigenvalue weighted by Gasteiger charge is 1.99. The standard InChI is InChI=1S/C14H16N2O/c1-10-2-4-13-7-11(3-5-12(13)6-10)9-16-14(17)8-15/h2-7H,8-9,15H2,1H3,(H,16,17). The second kappa shape index (κ2) is 4.97. The number of hydrogen-bond acceptors (Lipinski definition) is 2. The molecule has 0 atom stereocenters. The van der Waals surface area contributed by atoms with Crippen molar-refractivity contribution in [3.63, 3.8) is 0 Å². The molecular formula is C14H16N2O. The summed E-state index contributed by atoms with van der Waals surface area (Å²) < 4.78 is 0. The first kappa shape index (κ1) is 11.6. The molecule has 0 bridgehead atoms. The molecule has 0 saturated carbocycles. The summed E-state index contributed by atoms with van der Waals surface area (Å²) in [6.07, 6.45) is 0. The molecule has 3 heteroatoms. The number of amides is 1. The highest BCUT2D eigenvalue weighted by Crippen LogP contribution is 2.17. The van der Waals surface area contributed by atoms with Crippen molar-refractivity contribution in [3.05, 3.63) is 47.5 Å². The van der Waals surface area contributed by atoms with E-state index in [2.05, 4.69) is 42.6 Å². The van der Waals surface area contributed by atoms with E-state index in [4.69, 9.17) is 5.73 Å². The third-order valence-electron chi connectivity index (χ3n) is 2.74. The minimum absolute atomic E-state index is 0.0345. The molecule has 0 aromatic heterocycles. The normalized spacial score (nSPS) is 10.5. The molecule has 88 valence electrons. The van der Waals surface area contributed by atoms with E-state index in [0.717, 1.165) is 5.56 Å². The Morgan fingerprint density at radius 1 is 1.18 bits per heavy atom. The molecule has 0 radical (unpaired) electrons. The van der Waals surface area contributed by atoms with E-state index < -0.39 is 0 Å². The van der Waals surface area contributed by atoms with Crippen LogP contribution >= 0.6 is 0 Å². The van der Waals surface area contributed by atoms with Gasteiger partial charge in [-0.3, -0.25) is 4.79 Å². The first-order valence-corrected chi connectivity index (χ1v) is 5.65. The van der Waals surface area contributed by atoms with Crippen LogP contribution in [0.15, 0.2) is 36.4 Å². The number of carbonyl (C=O) groups is 1. The number of fused-ring (bicyclic) bond motifs is 1. The molecule has 0 aliphatic rings. The van der Waals surface area contributed by atoms with Gasteiger partial charge in [-0.15, -0.1) is 0 Å². The number of benzene rings is 2. The average molecular weight is 228 g/mol. The maximum absolute atomic E-state index is 11.1. The second-order valence-corrected chi connectivity index (χ2v) is 4.17. The summed E-state index contributed by atoms with van der Waals surface area (Å²) in [4.78, 5) is 11.1. The van der Waals surface area contributed by atoms with Crippen molar-refractivity contribution in [2.24, 2.45) is 5.73 Å². The Kier molecular flexibility index (Phi) is 3.40. The third-order valence-corrected chi connectivity index (χ3v) is 2.74. The lowest BCUT2D eigenvalue weighted by molar-refractivity contribution is -0.119. The van der Waals surface area contributed by atoms with Crippen LogP contribution in [-0.2, 0) is 11.3 Å². The minimum Gasteiger partial charge on any atom is -0.351 e. The van der Waals surface area contributed by atoms with Crippen LogP contribution in [0.4, 0.5) is 0 Å². The maximum atomic E-state index is 11.1. The van der Waals surface area contributed by atoms with Crippen LogP contribution in [0.3, 0.4) is 0 Å². The number of rotatable bonds is 3. The molecule has 2 rings (SSSR count). The number of hydrogen-bond donors (Lipinski definition) is 2. The van der Waals surface area contributed by atoms with Gasteiger partial charge in [-0.2, -0.15) is 0 Å². The predicted molar refractivity (Wildman–Crippen MR) is 69.6 cm³/mol. The van der Waals surface area contributed by atoms with Crippen LogP contribution in [-0.4, -0.2) is 12.5 Å². The fraction of sp³-hybridized carbons (Fsp3) is 0.214. The molecule has 3 N–H and O–H groups in total. The van der Waals surface area contributed by atoms with E-state index in [1.165, 1.54) is 16.3 Å². The van der Waals surface area contributed by atoms with Crippen molar-refractivity contribution in [2.75, 3.05) is 6.54 Å². The van der Waals surface area contributed by atoms with E-state index in [1.54, 1.807) is 0 Å². The van der Waals surface area contributed by atoms with Crippen molar-refractivity contribution >= 4 is 16.7 Å². The van der Waals surface area contributed by atoms with Gasteiger partial charge in [0, 0.05) is 6.54 Å². The lowest BCUT2D eigenvalue weighted by atomic mass is 10.0. The molecule has 17 heavy (non-hydrogen) atoms. The molecule has 0 spiro atoms. The van der Waals surface area contributed by atoms with Gasteiger partial charge >= 0.3 is 0 Å². The van der Waals surface area contributed by atoms with Gasteiger partial charge in [-0.05, 0) is 29.3 Å². The van der Waals surface area contributed by atoms with Crippen molar-refractivity contribution in [2.45, 2.75) is 13.5 Å². The molecule has 1 amide bonds. The van der Waals surface area contributed by atoms with Gasteiger partial charge in [0.05, 0.1) is 6.54 Å². The lowest BCUT2D eigenvalue weighted by Crippen LogP contribution is -2.29. The maximum Gasteiger partial charge on any atom is 0.234 e. The largest absolute Gasteiger partial charge is 0.351 e. The average Bonchev–Trinajstić information content (AvgIpc) is 2.35. The zero-order valence-corrected chi connectivity index (χ0v) is 9.86. The molecule has 0 saturated heterocycles. The van der Waals surface area contributed by atoms with E-state index in [0.29, 0.717) is 6.54 Å². The monoisotopic (exact) mass is 228 g/mol. The summed E-state index contributed by atoms with van der Waals surface area (Å²) in [5.74, 6) is -0.131. The Balaban J connectivity index is 2.20. The van der Waals surface area contributed by atoms with E-state index in [1.807, 2.05) is 6.07 Å². The third kappa shape index (κ3) is 2.82. The molecule has 2 aromatic carbocycles. The Hall–Kier alpha value is -1.87. The van der Waals surface area contributed by atoms with Crippen LogP contribution < -0.4 is 11.1 Å². The van der Waals surface area contributed by atoms with E-state index in [9.17, 15) is 4.79 Å². The number of aryl methyl sites for hydroxylation is 1. The molecule has 2 aromatic rings. The van der Waals surface area contributed by atoms with Gasteiger partial charge in [-0.1, -0.05) is 35.9 Å². The predicted octanol–water partition coefficient (Wildman–Crippen LogP) is 1.72. The number of nitrogens with one attached hydrogen (secondary N) is 1. The van der Waals surface area contributed by atoms with E-state index in [-0.39, 0.29) is 12.5 Å². The first-order chi connectivity index (χ1) is 8.19. The Morgan fingerprint density at radius 3 is 2.65 bits per heavy atom. The summed E-state index contributed by atoms with van der Waals surface area (Å²) in [6, 6.07) is 12.5. The Bertz CT molecular complexity index is 549. The van der Waals surface area contributed by atoms with Gasteiger partial charge in [0.15, 0.2) is 0 Å². The molecule has 0 unspecified atom stereocenters. The van der Waals surface area contributed by atoms with Crippen LogP contribution in [0, 0.1) is 6.92 Å². The zero-order valence-electron chi connectivity index (χ0n) is 9.86. The molecule has 0 fully saturated rings. The van der Waals surface area contributed by atoms with Gasteiger partial charge < -0.3 is 11.1 Å². The smallest absolute Gasteiger partial charge is 0.234 e. The summed E-state index contributed by atoms with van der Waals surface area (Å²) >= 11 is 0. The molecule has 0 aliphatic heterocycles. The van der Waals surface area contributed by atoms with E-state index >= 15 is 0 Å². The Labute approximate surface area is 101 Å². The van der Waals surface area contributed by atoms with Crippen molar-refractivity contribution in [3.8, 4) is 0 Å². The first-order valence-electron chi connectivity index (χ1n) is 5.65. The highest BCUT2D eigenvalue weighted by atomic mass is 16.1. The quantitative estimate of drug-likeness (QED) is 0.840. The fourth-order valence-corrected chi connectivity index (χ4v) is 1.80.